The molecule has 0 fully saturated rings. The highest BCUT2D eigenvalue weighted by atomic mass is 16.7. The molecule has 1 N–H and O–H groups in total. The van der Waals surface area contributed by atoms with Gasteiger partial charge in [0.25, 0.3) is 0 Å². The number of unbranched alkanes of at least 4 members (excludes halogenated alkanes) is 1. The molecule has 0 aliphatic carbocycles. The Kier molecular flexibility index (Phi) is 7.38. The minimum atomic E-state index is -0.679. The van der Waals surface area contributed by atoms with E-state index in [0.717, 1.165) is 12.8 Å². The Morgan fingerprint density at radius 1 is 1.50 bits per heavy atom. The molecule has 0 saturated carbocycles. The number of carbonyl (C=O) groups excluding carboxylic acids is 1. The lowest BCUT2D eigenvalue weighted by Crippen LogP contribution is -2.03. The molecule has 4 heteroatoms. The summed E-state index contributed by atoms with van der Waals surface area (Å²) in [5.41, 5.74) is 0. The second kappa shape index (κ2) is 8.07. The van der Waals surface area contributed by atoms with Crippen molar-refractivity contribution in [1.29, 1.82) is 0 Å². The topological polar surface area (TPSA) is 55.8 Å². The van der Waals surface area contributed by atoms with E-state index in [9.17, 15) is 4.79 Å². The van der Waals surface area contributed by atoms with E-state index < -0.39 is 6.16 Å². The first-order valence-electron chi connectivity index (χ1n) is 3.78. The van der Waals surface area contributed by atoms with Crippen LogP contribution in [0, 0.1) is 0 Å². The summed E-state index contributed by atoms with van der Waals surface area (Å²) < 4.78 is 8.80. The van der Waals surface area contributed by atoms with Crippen LogP contribution in [0.5, 0.6) is 0 Å². The quantitative estimate of drug-likeness (QED) is 0.385. The number of rotatable bonds is 5. The highest BCUT2D eigenvalue weighted by Gasteiger charge is 1.94. The summed E-state index contributed by atoms with van der Waals surface area (Å²) in [6.07, 6.45) is 4.41. The molecule has 4 nitrogen and oxygen atoms in total. The van der Waals surface area contributed by atoms with Crippen LogP contribution in [-0.4, -0.2) is 31.6 Å². The van der Waals surface area contributed by atoms with Gasteiger partial charge in [-0.15, -0.1) is 0 Å². The van der Waals surface area contributed by atoms with Gasteiger partial charge in [0, 0.05) is 6.61 Å². The van der Waals surface area contributed by atoms with Gasteiger partial charge in [-0.05, 0) is 12.8 Å². The zero-order chi connectivity index (χ0) is 9.23. The minimum Gasteiger partial charge on any atom is -0.438 e. The Balaban J connectivity index is 3.18. The number of aliphatic hydroxyl groups excluding tert-OH is 1. The zero-order valence-corrected chi connectivity index (χ0v) is 7.16. The van der Waals surface area contributed by atoms with Crippen molar-refractivity contribution in [3.63, 3.8) is 0 Å². The fourth-order valence-electron chi connectivity index (χ4n) is 0.570. The van der Waals surface area contributed by atoms with Crippen molar-refractivity contribution in [3.8, 4) is 0 Å². The van der Waals surface area contributed by atoms with Crippen LogP contribution in [-0.2, 0) is 9.47 Å². The lowest BCUT2D eigenvalue weighted by molar-refractivity contribution is 0.0817. The fraction of sp³-hybridized carbons (Fsp3) is 0.625. The third-order valence-electron chi connectivity index (χ3n) is 1.16. The lowest BCUT2D eigenvalue weighted by atomic mass is 10.3. The predicted octanol–water partition coefficient (Wildman–Crippen LogP) is 1.10. The summed E-state index contributed by atoms with van der Waals surface area (Å²) in [6.45, 7) is 0.403. The molecule has 0 aromatic heterocycles. The van der Waals surface area contributed by atoms with Crippen LogP contribution in [0.25, 0.3) is 0 Å². The second-order valence-corrected chi connectivity index (χ2v) is 2.10. The lowest BCUT2D eigenvalue weighted by Gasteiger charge is -1.97. The van der Waals surface area contributed by atoms with Gasteiger partial charge in [-0.1, -0.05) is 12.2 Å². The van der Waals surface area contributed by atoms with E-state index in [2.05, 4.69) is 9.47 Å². The molecule has 0 atom stereocenters. The Morgan fingerprint density at radius 2 is 2.25 bits per heavy atom. The van der Waals surface area contributed by atoms with Gasteiger partial charge >= 0.3 is 6.16 Å². The number of hydrogen-bond donors (Lipinski definition) is 1. The third kappa shape index (κ3) is 7.08. The normalized spacial score (nSPS) is 10.2. The molecule has 0 spiro atoms. The van der Waals surface area contributed by atoms with Crippen molar-refractivity contribution in [3.05, 3.63) is 12.2 Å². The van der Waals surface area contributed by atoms with Gasteiger partial charge in [0.15, 0.2) is 0 Å². The van der Waals surface area contributed by atoms with Crippen LogP contribution < -0.4 is 0 Å². The maximum absolute atomic E-state index is 10.4. The van der Waals surface area contributed by atoms with Crippen LogP contribution >= 0.6 is 0 Å². The van der Waals surface area contributed by atoms with Crippen molar-refractivity contribution < 1.29 is 19.4 Å². The zero-order valence-electron chi connectivity index (χ0n) is 7.16. The Bertz CT molecular complexity index is 142. The van der Waals surface area contributed by atoms with E-state index in [-0.39, 0.29) is 13.2 Å². The van der Waals surface area contributed by atoms with Gasteiger partial charge in [0.1, 0.15) is 6.61 Å². The Labute approximate surface area is 71.8 Å². The van der Waals surface area contributed by atoms with Crippen LogP contribution in [0.4, 0.5) is 4.79 Å². The van der Waals surface area contributed by atoms with E-state index in [1.807, 2.05) is 6.08 Å². The molecular weight excluding hydrogens is 160 g/mol. The first kappa shape index (κ1) is 11.0. The highest BCUT2D eigenvalue weighted by Crippen LogP contribution is 1.90. The van der Waals surface area contributed by atoms with Crippen LogP contribution in [0.2, 0.25) is 0 Å². The average Bonchev–Trinajstić information content (AvgIpc) is 2.10. The molecule has 0 aromatic rings. The van der Waals surface area contributed by atoms with Gasteiger partial charge in [-0.25, -0.2) is 4.79 Å². The van der Waals surface area contributed by atoms with E-state index in [1.54, 1.807) is 6.08 Å². The summed E-state index contributed by atoms with van der Waals surface area (Å²) in [5, 5.41) is 8.41. The Hall–Kier alpha value is -1.03. The summed E-state index contributed by atoms with van der Waals surface area (Å²) in [6, 6.07) is 0. The monoisotopic (exact) mass is 174 g/mol. The molecule has 0 heterocycles. The highest BCUT2D eigenvalue weighted by molar-refractivity contribution is 5.59. The first-order valence-corrected chi connectivity index (χ1v) is 3.78. The summed E-state index contributed by atoms with van der Waals surface area (Å²) >= 11 is 0. The number of aliphatic hydroxyl groups is 1. The van der Waals surface area contributed by atoms with Crippen molar-refractivity contribution in [1.82, 2.24) is 0 Å². The number of carbonyl (C=O) groups is 1. The summed E-state index contributed by atoms with van der Waals surface area (Å²) in [4.78, 5) is 10.4. The van der Waals surface area contributed by atoms with Gasteiger partial charge in [0.05, 0.1) is 7.11 Å². The molecule has 0 aromatic carbocycles. The minimum absolute atomic E-state index is 0.183. The molecule has 0 rings (SSSR count). The second-order valence-electron chi connectivity index (χ2n) is 2.10. The molecule has 0 saturated heterocycles. The van der Waals surface area contributed by atoms with E-state index >= 15 is 0 Å². The molecule has 0 unspecified atom stereocenters. The maximum atomic E-state index is 10.4. The average molecular weight is 174 g/mol. The number of hydrogen-bond acceptors (Lipinski definition) is 4. The van der Waals surface area contributed by atoms with Crippen LogP contribution in [0.3, 0.4) is 0 Å². The number of allylic oxidation sites excluding steroid dienone is 1. The molecule has 12 heavy (non-hydrogen) atoms. The van der Waals surface area contributed by atoms with E-state index in [0.29, 0.717) is 0 Å². The van der Waals surface area contributed by atoms with Crippen molar-refractivity contribution in [2.24, 2.45) is 0 Å². The van der Waals surface area contributed by atoms with E-state index in [4.69, 9.17) is 5.11 Å². The van der Waals surface area contributed by atoms with Crippen molar-refractivity contribution in [2.45, 2.75) is 12.8 Å². The van der Waals surface area contributed by atoms with Gasteiger partial charge < -0.3 is 14.6 Å². The van der Waals surface area contributed by atoms with Crippen molar-refractivity contribution in [2.75, 3.05) is 20.3 Å². The Morgan fingerprint density at radius 3 is 2.83 bits per heavy atom. The van der Waals surface area contributed by atoms with Gasteiger partial charge in [0.2, 0.25) is 0 Å². The van der Waals surface area contributed by atoms with Crippen molar-refractivity contribution >= 4 is 6.16 Å². The third-order valence-corrected chi connectivity index (χ3v) is 1.16. The molecule has 0 aliphatic heterocycles. The number of ether oxygens (including phenoxy) is 2. The molecule has 0 radical (unpaired) electrons. The van der Waals surface area contributed by atoms with Crippen LogP contribution in [0.15, 0.2) is 12.2 Å². The van der Waals surface area contributed by atoms with Gasteiger partial charge in [-0.2, -0.15) is 0 Å². The summed E-state index contributed by atoms with van der Waals surface area (Å²) in [5.74, 6) is 0. The largest absolute Gasteiger partial charge is 0.508 e. The van der Waals surface area contributed by atoms with Crippen LogP contribution in [0.1, 0.15) is 12.8 Å². The predicted molar refractivity (Wildman–Crippen MR) is 43.8 cm³/mol. The van der Waals surface area contributed by atoms with E-state index in [1.165, 1.54) is 7.11 Å². The molecule has 0 amide bonds. The number of methoxy groups -OCH3 is 1. The standard InChI is InChI=1S/C8H14O4/c1-11-8(10)12-7-5-3-2-4-6-9/h3,5,9H,2,4,6-7H2,1H3/b5-3+. The smallest absolute Gasteiger partial charge is 0.438 e. The first-order chi connectivity index (χ1) is 5.81. The fourth-order valence-corrected chi connectivity index (χ4v) is 0.570. The molecule has 0 aliphatic rings. The molecular formula is C8H14O4. The van der Waals surface area contributed by atoms with Gasteiger partial charge in [-0.3, -0.25) is 0 Å². The SMILES string of the molecule is COC(=O)OC/C=C/CCCO. The maximum Gasteiger partial charge on any atom is 0.508 e. The molecule has 0 bridgehead atoms. The molecule has 70 valence electrons. The summed E-state index contributed by atoms with van der Waals surface area (Å²) in [7, 11) is 1.26.